The Morgan fingerprint density at radius 3 is 2.27 bits per heavy atom. The van der Waals surface area contributed by atoms with E-state index in [2.05, 4.69) is 0 Å². The third-order valence-electron chi connectivity index (χ3n) is 1.90. The molecule has 1 atom stereocenters. The maximum absolute atomic E-state index is 13.1. The Hall–Kier alpha value is -0.0300. The minimum atomic E-state index is -3.83. The number of benzene rings is 1. The predicted molar refractivity (Wildman–Crippen MR) is 59.6 cm³/mol. The van der Waals surface area contributed by atoms with Crippen molar-refractivity contribution in [3.63, 3.8) is 0 Å². The molecule has 1 aromatic rings. The molecule has 84 valence electrons. The van der Waals surface area contributed by atoms with Crippen LogP contribution in [-0.4, -0.2) is 8.42 Å². The van der Waals surface area contributed by atoms with Gasteiger partial charge in [-0.2, -0.15) is 0 Å². The van der Waals surface area contributed by atoms with E-state index in [1.165, 1.54) is 6.92 Å². The molecule has 15 heavy (non-hydrogen) atoms. The van der Waals surface area contributed by atoms with Gasteiger partial charge in [0, 0.05) is 15.7 Å². The summed E-state index contributed by atoms with van der Waals surface area (Å²) >= 11 is 11.2. The lowest BCUT2D eigenvalue weighted by molar-refractivity contribution is 0.599. The molecule has 0 N–H and O–H groups in total. The molecule has 0 saturated carbocycles. The summed E-state index contributed by atoms with van der Waals surface area (Å²) < 4.78 is 35.1. The fraction of sp³-hybridized carbons (Fsp3) is 0.250. The zero-order valence-electron chi connectivity index (χ0n) is 7.47. The summed E-state index contributed by atoms with van der Waals surface area (Å²) in [6.07, 6.45) is 0. The van der Waals surface area contributed by atoms with Crippen LogP contribution in [-0.2, 0) is 9.05 Å². The van der Waals surface area contributed by atoms with E-state index in [1.54, 1.807) is 0 Å². The molecule has 0 saturated heterocycles. The van der Waals surface area contributed by atoms with Gasteiger partial charge in [-0.05, 0) is 24.6 Å². The van der Waals surface area contributed by atoms with Gasteiger partial charge in [0.2, 0.25) is 9.05 Å². The van der Waals surface area contributed by atoms with Crippen LogP contribution in [0.3, 0.4) is 0 Å². The molecule has 0 aliphatic heterocycles. The highest BCUT2D eigenvalue weighted by molar-refractivity contribution is 8.13. The highest BCUT2D eigenvalue weighted by Gasteiger charge is 2.23. The summed E-state index contributed by atoms with van der Waals surface area (Å²) in [4.78, 5) is 0. The third kappa shape index (κ3) is 2.97. The van der Waals surface area contributed by atoms with E-state index in [0.717, 1.165) is 12.1 Å². The fourth-order valence-electron chi connectivity index (χ4n) is 1.00. The zero-order valence-corrected chi connectivity index (χ0v) is 10.6. The molecule has 0 spiro atoms. The minimum Gasteiger partial charge on any atom is -0.212 e. The molecule has 2 nitrogen and oxygen atoms in total. The molecule has 7 heteroatoms. The molecule has 0 aliphatic carbocycles. The van der Waals surface area contributed by atoms with Gasteiger partial charge < -0.3 is 0 Å². The van der Waals surface area contributed by atoms with Crippen LogP contribution < -0.4 is 0 Å². The summed E-state index contributed by atoms with van der Waals surface area (Å²) in [6, 6.07) is 2.11. The Morgan fingerprint density at radius 1 is 1.27 bits per heavy atom. The van der Waals surface area contributed by atoms with Gasteiger partial charge in [-0.15, -0.1) is 0 Å². The van der Waals surface area contributed by atoms with E-state index in [9.17, 15) is 12.8 Å². The van der Waals surface area contributed by atoms with Gasteiger partial charge in [-0.1, -0.05) is 23.2 Å². The van der Waals surface area contributed by atoms with Gasteiger partial charge in [-0.25, -0.2) is 12.8 Å². The second kappa shape index (κ2) is 4.45. The number of rotatable bonds is 2. The molecule has 0 amide bonds. The van der Waals surface area contributed by atoms with E-state index in [-0.39, 0.29) is 15.6 Å². The first-order valence-electron chi connectivity index (χ1n) is 3.81. The van der Waals surface area contributed by atoms with E-state index < -0.39 is 20.1 Å². The minimum absolute atomic E-state index is 0.0677. The average Bonchev–Trinajstić information content (AvgIpc) is 2.08. The maximum Gasteiger partial charge on any atom is 0.239 e. The van der Waals surface area contributed by atoms with Crippen molar-refractivity contribution in [3.8, 4) is 0 Å². The van der Waals surface area contributed by atoms with Crippen LogP contribution >= 0.6 is 33.9 Å². The molecule has 0 bridgehead atoms. The first-order valence-corrected chi connectivity index (χ1v) is 6.94. The van der Waals surface area contributed by atoms with Crippen molar-refractivity contribution in [1.29, 1.82) is 0 Å². The normalized spacial score (nSPS) is 13.9. The van der Waals surface area contributed by atoms with Crippen LogP contribution in [0.2, 0.25) is 10.0 Å². The standard InChI is InChI=1S/C8H6Cl3FO2S/c1-4(15(11,13)14)5-2-8(12)7(10)3-6(5)9/h2-4H,1H3. The maximum atomic E-state index is 13.1. The summed E-state index contributed by atoms with van der Waals surface area (Å²) in [5.74, 6) is -0.733. The molecule has 1 unspecified atom stereocenters. The molecule has 0 fully saturated rings. The lowest BCUT2D eigenvalue weighted by Gasteiger charge is -2.10. The summed E-state index contributed by atoms with van der Waals surface area (Å²) in [7, 11) is 1.31. The Balaban J connectivity index is 3.33. The van der Waals surface area contributed by atoms with Gasteiger partial charge in [0.1, 0.15) is 5.82 Å². The van der Waals surface area contributed by atoms with Crippen LogP contribution in [0, 0.1) is 5.82 Å². The number of hydrogen-bond donors (Lipinski definition) is 0. The SMILES string of the molecule is CC(c1cc(F)c(Cl)cc1Cl)S(=O)(=O)Cl. The van der Waals surface area contributed by atoms with E-state index in [1.807, 2.05) is 0 Å². The van der Waals surface area contributed by atoms with Crippen molar-refractivity contribution in [1.82, 2.24) is 0 Å². The Labute approximate surface area is 101 Å². The van der Waals surface area contributed by atoms with E-state index >= 15 is 0 Å². The average molecular weight is 292 g/mol. The Morgan fingerprint density at radius 2 is 1.80 bits per heavy atom. The van der Waals surface area contributed by atoms with Crippen molar-refractivity contribution in [2.45, 2.75) is 12.2 Å². The molecule has 0 aromatic heterocycles. The van der Waals surface area contributed by atoms with Crippen LogP contribution in [0.15, 0.2) is 12.1 Å². The largest absolute Gasteiger partial charge is 0.239 e. The topological polar surface area (TPSA) is 34.1 Å². The Kier molecular flexibility index (Phi) is 3.87. The highest BCUT2D eigenvalue weighted by Crippen LogP contribution is 2.33. The van der Waals surface area contributed by atoms with E-state index in [4.69, 9.17) is 33.9 Å². The third-order valence-corrected chi connectivity index (χ3v) is 4.42. The molecule has 1 rings (SSSR count). The van der Waals surface area contributed by atoms with Crippen molar-refractivity contribution < 1.29 is 12.8 Å². The quantitative estimate of drug-likeness (QED) is 0.614. The van der Waals surface area contributed by atoms with Crippen molar-refractivity contribution >= 4 is 42.9 Å². The molecule has 1 aromatic carbocycles. The number of halogens is 4. The second-order valence-corrected chi connectivity index (χ2v) is 6.67. The lowest BCUT2D eigenvalue weighted by Crippen LogP contribution is -2.04. The predicted octanol–water partition coefficient (Wildman–Crippen LogP) is 3.76. The van der Waals surface area contributed by atoms with E-state index in [0.29, 0.717) is 0 Å². The summed E-state index contributed by atoms with van der Waals surface area (Å²) in [5, 5.41) is -1.18. The second-order valence-electron chi connectivity index (χ2n) is 2.91. The van der Waals surface area contributed by atoms with Crippen molar-refractivity contribution in [3.05, 3.63) is 33.6 Å². The van der Waals surface area contributed by atoms with Crippen LogP contribution in [0.4, 0.5) is 4.39 Å². The van der Waals surface area contributed by atoms with Crippen LogP contribution in [0.5, 0.6) is 0 Å². The molecular formula is C8H6Cl3FO2S. The van der Waals surface area contributed by atoms with Gasteiger partial charge >= 0.3 is 0 Å². The summed E-state index contributed by atoms with van der Waals surface area (Å²) in [5.41, 5.74) is 0.0913. The lowest BCUT2D eigenvalue weighted by atomic mass is 10.1. The fourth-order valence-corrected chi connectivity index (χ4v) is 2.40. The smallest absolute Gasteiger partial charge is 0.212 e. The van der Waals surface area contributed by atoms with Gasteiger partial charge in [0.25, 0.3) is 0 Å². The van der Waals surface area contributed by atoms with Gasteiger partial charge in [0.05, 0.1) is 10.3 Å². The van der Waals surface area contributed by atoms with Gasteiger partial charge in [0.15, 0.2) is 0 Å². The molecule has 0 aliphatic rings. The summed E-state index contributed by atoms with van der Waals surface area (Å²) in [6.45, 7) is 1.32. The first kappa shape index (κ1) is 13.0. The Bertz CT molecular complexity index is 487. The first-order chi connectivity index (χ1) is 6.73. The van der Waals surface area contributed by atoms with Crippen LogP contribution in [0.25, 0.3) is 0 Å². The molecular weight excluding hydrogens is 286 g/mol. The molecule has 0 heterocycles. The number of hydrogen-bond acceptors (Lipinski definition) is 2. The highest BCUT2D eigenvalue weighted by atomic mass is 35.7. The van der Waals surface area contributed by atoms with Crippen molar-refractivity contribution in [2.75, 3.05) is 0 Å². The van der Waals surface area contributed by atoms with Crippen molar-refractivity contribution in [2.24, 2.45) is 0 Å². The zero-order chi connectivity index (χ0) is 11.8. The molecule has 0 radical (unpaired) electrons. The van der Waals surface area contributed by atoms with Gasteiger partial charge in [-0.3, -0.25) is 0 Å². The monoisotopic (exact) mass is 290 g/mol. The van der Waals surface area contributed by atoms with Crippen LogP contribution in [0.1, 0.15) is 17.7 Å².